The van der Waals surface area contributed by atoms with Gasteiger partial charge in [-0.2, -0.15) is 0 Å². The van der Waals surface area contributed by atoms with E-state index < -0.39 is 38.7 Å². The lowest BCUT2D eigenvalue weighted by atomic mass is 10.2. The molecule has 0 radical (unpaired) electrons. The van der Waals surface area contributed by atoms with Crippen LogP contribution in [0.3, 0.4) is 0 Å². The Balaban J connectivity index is 2.72. The lowest BCUT2D eigenvalue weighted by Crippen LogP contribution is -2.09. The number of benzene rings is 1. The van der Waals surface area contributed by atoms with Crippen LogP contribution in [0.5, 0.6) is 0 Å². The number of rotatable bonds is 6. The molecule has 1 aromatic rings. The van der Waals surface area contributed by atoms with Gasteiger partial charge in [-0.05, 0) is 6.42 Å². The van der Waals surface area contributed by atoms with Crippen molar-refractivity contribution in [3.63, 3.8) is 0 Å². The van der Waals surface area contributed by atoms with Crippen molar-refractivity contribution in [1.82, 2.24) is 0 Å². The predicted molar refractivity (Wildman–Crippen MR) is 65.1 cm³/mol. The SMILES string of the molecule is CS(=O)CCCNc1c(F)cc([N+](=O)[O-])cc1F. The van der Waals surface area contributed by atoms with Gasteiger partial charge in [0.25, 0.3) is 5.69 Å². The highest BCUT2D eigenvalue weighted by molar-refractivity contribution is 7.84. The number of halogens is 2. The maximum absolute atomic E-state index is 13.4. The van der Waals surface area contributed by atoms with Gasteiger partial charge in [0, 0.05) is 29.4 Å². The standard InChI is InChI=1S/C10H12F2N2O3S/c1-18(17)4-2-3-13-10-8(11)5-7(14(15)16)6-9(10)12/h5-6,13H,2-4H2,1H3. The Labute approximate surface area is 105 Å². The lowest BCUT2D eigenvalue weighted by Gasteiger charge is -2.08. The van der Waals surface area contributed by atoms with Gasteiger partial charge in [0.05, 0.1) is 17.1 Å². The molecule has 18 heavy (non-hydrogen) atoms. The van der Waals surface area contributed by atoms with Crippen molar-refractivity contribution in [2.45, 2.75) is 6.42 Å². The van der Waals surface area contributed by atoms with Crippen LogP contribution < -0.4 is 5.32 Å². The van der Waals surface area contributed by atoms with Gasteiger partial charge >= 0.3 is 0 Å². The molecule has 0 fully saturated rings. The average Bonchev–Trinajstić information content (AvgIpc) is 2.26. The van der Waals surface area contributed by atoms with Crippen LogP contribution >= 0.6 is 0 Å². The maximum Gasteiger partial charge on any atom is 0.275 e. The van der Waals surface area contributed by atoms with Crippen LogP contribution in [0.2, 0.25) is 0 Å². The number of nitro groups is 1. The first-order valence-electron chi connectivity index (χ1n) is 5.09. The van der Waals surface area contributed by atoms with Gasteiger partial charge in [0.1, 0.15) is 5.69 Å². The number of non-ortho nitro benzene ring substituents is 1. The second-order valence-corrected chi connectivity index (χ2v) is 5.15. The second-order valence-electron chi connectivity index (χ2n) is 3.60. The molecule has 1 aromatic carbocycles. The van der Waals surface area contributed by atoms with Gasteiger partial charge in [-0.1, -0.05) is 0 Å². The summed E-state index contributed by atoms with van der Waals surface area (Å²) in [5.74, 6) is -1.61. The fourth-order valence-electron chi connectivity index (χ4n) is 1.32. The molecule has 0 spiro atoms. The Bertz CT molecular complexity index is 459. The molecule has 0 amide bonds. The van der Waals surface area contributed by atoms with E-state index in [0.717, 1.165) is 0 Å². The molecule has 1 N–H and O–H groups in total. The fraction of sp³-hybridized carbons (Fsp3) is 0.400. The number of hydrogen-bond donors (Lipinski definition) is 1. The molecule has 0 aliphatic heterocycles. The summed E-state index contributed by atoms with van der Waals surface area (Å²) >= 11 is 0. The summed E-state index contributed by atoms with van der Waals surface area (Å²) in [4.78, 5) is 9.51. The van der Waals surface area contributed by atoms with Gasteiger partial charge in [-0.15, -0.1) is 0 Å². The highest BCUT2D eigenvalue weighted by Crippen LogP contribution is 2.24. The van der Waals surface area contributed by atoms with Gasteiger partial charge < -0.3 is 5.32 Å². The molecule has 0 heterocycles. The van der Waals surface area contributed by atoms with Crippen LogP contribution in [0.1, 0.15) is 6.42 Å². The van der Waals surface area contributed by atoms with Crippen LogP contribution in [0.25, 0.3) is 0 Å². The quantitative estimate of drug-likeness (QED) is 0.491. The molecular weight excluding hydrogens is 266 g/mol. The third kappa shape index (κ3) is 4.02. The molecule has 0 aliphatic carbocycles. The van der Waals surface area contributed by atoms with E-state index >= 15 is 0 Å². The molecule has 0 saturated heterocycles. The average molecular weight is 278 g/mol. The first-order chi connectivity index (χ1) is 8.41. The molecule has 1 atom stereocenters. The van der Waals surface area contributed by atoms with Crippen molar-refractivity contribution >= 4 is 22.2 Å². The normalized spacial score (nSPS) is 12.2. The van der Waals surface area contributed by atoms with Crippen LogP contribution in [-0.2, 0) is 10.8 Å². The minimum atomic E-state index is -1.01. The summed E-state index contributed by atoms with van der Waals surface area (Å²) in [6.45, 7) is 0.241. The molecule has 8 heteroatoms. The van der Waals surface area contributed by atoms with Gasteiger partial charge in [0.2, 0.25) is 0 Å². The topological polar surface area (TPSA) is 72.2 Å². The van der Waals surface area contributed by atoms with E-state index in [9.17, 15) is 23.1 Å². The molecule has 1 unspecified atom stereocenters. The minimum absolute atomic E-state index is 0.241. The first kappa shape index (κ1) is 14.5. The number of nitro benzene ring substituents is 1. The Morgan fingerprint density at radius 2 is 1.94 bits per heavy atom. The smallest absolute Gasteiger partial charge is 0.275 e. The third-order valence-electron chi connectivity index (χ3n) is 2.15. The van der Waals surface area contributed by atoms with E-state index in [2.05, 4.69) is 5.32 Å². The summed E-state index contributed by atoms with van der Waals surface area (Å²) in [5.41, 5.74) is -1.03. The summed E-state index contributed by atoms with van der Waals surface area (Å²) in [6.07, 6.45) is 2.02. The van der Waals surface area contributed by atoms with E-state index in [4.69, 9.17) is 0 Å². The van der Waals surface area contributed by atoms with Gasteiger partial charge in [-0.25, -0.2) is 8.78 Å². The Hall–Kier alpha value is -1.57. The zero-order valence-electron chi connectivity index (χ0n) is 9.61. The maximum atomic E-state index is 13.4. The van der Waals surface area contributed by atoms with Crippen LogP contribution in [0, 0.1) is 21.7 Å². The van der Waals surface area contributed by atoms with E-state index in [1.807, 2.05) is 0 Å². The van der Waals surface area contributed by atoms with Crippen molar-refractivity contribution in [1.29, 1.82) is 0 Å². The fourth-order valence-corrected chi connectivity index (χ4v) is 1.87. The van der Waals surface area contributed by atoms with E-state index in [1.165, 1.54) is 6.26 Å². The highest BCUT2D eigenvalue weighted by Gasteiger charge is 2.16. The van der Waals surface area contributed by atoms with Gasteiger partial charge in [-0.3, -0.25) is 14.3 Å². The summed E-state index contributed by atoms with van der Waals surface area (Å²) < 4.78 is 37.5. The lowest BCUT2D eigenvalue weighted by molar-refractivity contribution is -0.385. The zero-order valence-corrected chi connectivity index (χ0v) is 10.4. The molecule has 0 saturated carbocycles. The van der Waals surface area contributed by atoms with E-state index in [1.54, 1.807) is 0 Å². The predicted octanol–water partition coefficient (Wildman–Crippen LogP) is 2.05. The Kier molecular flexibility index (Phi) is 5.14. The molecule has 100 valence electrons. The van der Waals surface area contributed by atoms with Crippen molar-refractivity contribution in [3.05, 3.63) is 33.9 Å². The van der Waals surface area contributed by atoms with Crippen molar-refractivity contribution in [2.75, 3.05) is 23.9 Å². The van der Waals surface area contributed by atoms with Crippen LogP contribution in [-0.4, -0.2) is 27.7 Å². The zero-order chi connectivity index (χ0) is 13.7. The number of nitrogens with one attached hydrogen (secondary N) is 1. The van der Waals surface area contributed by atoms with Gasteiger partial charge in [0.15, 0.2) is 11.6 Å². The first-order valence-corrected chi connectivity index (χ1v) is 6.82. The largest absolute Gasteiger partial charge is 0.380 e. The summed E-state index contributed by atoms with van der Waals surface area (Å²) in [7, 11) is -0.961. The van der Waals surface area contributed by atoms with Crippen molar-refractivity contribution in [2.24, 2.45) is 0 Å². The second kappa shape index (κ2) is 6.39. The molecule has 0 bridgehead atoms. The molecule has 0 aromatic heterocycles. The van der Waals surface area contributed by atoms with Crippen molar-refractivity contribution in [3.8, 4) is 0 Å². The highest BCUT2D eigenvalue weighted by atomic mass is 32.2. The third-order valence-corrected chi connectivity index (χ3v) is 3.01. The Morgan fingerprint density at radius 1 is 1.39 bits per heavy atom. The van der Waals surface area contributed by atoms with Crippen LogP contribution in [0.15, 0.2) is 12.1 Å². The number of hydrogen-bond acceptors (Lipinski definition) is 4. The summed E-state index contributed by atoms with van der Waals surface area (Å²) in [5, 5.41) is 12.9. The van der Waals surface area contributed by atoms with Crippen molar-refractivity contribution < 1.29 is 17.9 Å². The monoisotopic (exact) mass is 278 g/mol. The molecule has 0 aliphatic rings. The number of anilines is 1. The minimum Gasteiger partial charge on any atom is -0.380 e. The molecule has 1 rings (SSSR count). The van der Waals surface area contributed by atoms with Crippen LogP contribution in [0.4, 0.5) is 20.2 Å². The summed E-state index contributed by atoms with van der Waals surface area (Å²) in [6, 6.07) is 1.31. The molecule has 5 nitrogen and oxygen atoms in total. The molecular formula is C10H12F2N2O3S. The number of nitrogens with zero attached hydrogens (tertiary/aromatic N) is 1. The Morgan fingerprint density at radius 3 is 2.39 bits per heavy atom. The van der Waals surface area contributed by atoms with E-state index in [0.29, 0.717) is 24.3 Å². The van der Waals surface area contributed by atoms with E-state index in [-0.39, 0.29) is 6.54 Å².